The number of aryl methyl sites for hydroxylation is 1. The van der Waals surface area contributed by atoms with Gasteiger partial charge in [-0.3, -0.25) is 4.79 Å². The molecule has 18 heavy (non-hydrogen) atoms. The van der Waals surface area contributed by atoms with Crippen LogP contribution < -0.4 is 5.32 Å². The lowest BCUT2D eigenvalue weighted by Crippen LogP contribution is -2.05. The topological polar surface area (TPSA) is 68.7 Å². The summed E-state index contributed by atoms with van der Waals surface area (Å²) in [5.41, 5.74) is 4.03. The second kappa shape index (κ2) is 4.76. The van der Waals surface area contributed by atoms with Crippen LogP contribution in [0.25, 0.3) is 11.3 Å². The molecule has 1 amide bonds. The molecule has 0 unspecified atom stereocenters. The van der Waals surface area contributed by atoms with Crippen molar-refractivity contribution >= 4 is 11.6 Å². The van der Waals surface area contributed by atoms with Crippen LogP contribution in [-0.2, 0) is 4.79 Å². The highest BCUT2D eigenvalue weighted by molar-refractivity contribution is 5.89. The molecular weight excluding hydrogens is 226 g/mol. The van der Waals surface area contributed by atoms with E-state index in [-0.39, 0.29) is 5.91 Å². The van der Waals surface area contributed by atoms with E-state index >= 15 is 0 Å². The molecule has 0 aliphatic rings. The second-order valence-electron chi connectivity index (χ2n) is 4.10. The predicted molar refractivity (Wildman–Crippen MR) is 70.0 cm³/mol. The summed E-state index contributed by atoms with van der Waals surface area (Å²) in [5.74, 6) is -0.104. The maximum absolute atomic E-state index is 11.0. The molecule has 0 spiro atoms. The highest BCUT2D eigenvalue weighted by Crippen LogP contribution is 2.24. The van der Waals surface area contributed by atoms with Crippen LogP contribution >= 0.6 is 0 Å². The Morgan fingerprint density at radius 2 is 2.17 bits per heavy atom. The Morgan fingerprint density at radius 3 is 2.78 bits per heavy atom. The average Bonchev–Trinajstić information content (AvgIpc) is 2.70. The molecule has 1 aromatic heterocycles. The highest BCUT2D eigenvalue weighted by Gasteiger charge is 2.06. The number of nitrogens with one attached hydrogen (secondary N) is 2. The maximum Gasteiger partial charge on any atom is 0.221 e. The number of aromatic amines is 1. The third-order valence-corrected chi connectivity index (χ3v) is 2.63. The number of hydrogen-bond donors (Lipinski definition) is 2. The van der Waals surface area contributed by atoms with E-state index in [1.54, 1.807) is 0 Å². The number of nitrogens with zero attached hydrogens (tertiary/aromatic N) is 1. The van der Waals surface area contributed by atoms with Gasteiger partial charge < -0.3 is 10.3 Å². The minimum absolute atomic E-state index is 0.104. The number of carbonyl (C=O) groups excluding carboxylic acids is 1. The van der Waals surface area contributed by atoms with Gasteiger partial charge in [-0.05, 0) is 25.1 Å². The van der Waals surface area contributed by atoms with Crippen molar-refractivity contribution in [3.05, 3.63) is 41.6 Å². The van der Waals surface area contributed by atoms with Gasteiger partial charge in [0.2, 0.25) is 5.91 Å². The summed E-state index contributed by atoms with van der Waals surface area (Å²) < 4.78 is 0. The maximum atomic E-state index is 11.0. The van der Waals surface area contributed by atoms with Gasteiger partial charge in [0.25, 0.3) is 0 Å². The number of nitriles is 1. The number of aromatic nitrogens is 1. The van der Waals surface area contributed by atoms with Gasteiger partial charge in [-0.1, -0.05) is 12.1 Å². The first-order valence-electron chi connectivity index (χ1n) is 5.58. The zero-order chi connectivity index (χ0) is 13.1. The summed E-state index contributed by atoms with van der Waals surface area (Å²) in [7, 11) is 0. The van der Waals surface area contributed by atoms with E-state index in [4.69, 9.17) is 5.26 Å². The first-order valence-corrected chi connectivity index (χ1v) is 5.58. The summed E-state index contributed by atoms with van der Waals surface area (Å²) >= 11 is 0. The predicted octanol–water partition coefficient (Wildman–Crippen LogP) is 2.82. The number of benzene rings is 1. The SMILES string of the molecule is CC(=O)Nc1cccc(-c2cc(C#N)c(C)[nH]2)c1. The summed E-state index contributed by atoms with van der Waals surface area (Å²) in [6.45, 7) is 3.33. The molecule has 1 heterocycles. The van der Waals surface area contributed by atoms with Crippen molar-refractivity contribution < 1.29 is 4.79 Å². The number of hydrogen-bond acceptors (Lipinski definition) is 2. The van der Waals surface area contributed by atoms with Crippen molar-refractivity contribution in [2.75, 3.05) is 5.32 Å². The summed E-state index contributed by atoms with van der Waals surface area (Å²) in [6, 6.07) is 11.4. The molecule has 0 fully saturated rings. The lowest BCUT2D eigenvalue weighted by atomic mass is 10.1. The summed E-state index contributed by atoms with van der Waals surface area (Å²) in [6.07, 6.45) is 0. The third kappa shape index (κ3) is 2.41. The molecule has 0 bridgehead atoms. The highest BCUT2D eigenvalue weighted by atomic mass is 16.1. The van der Waals surface area contributed by atoms with Gasteiger partial charge in [0.05, 0.1) is 5.56 Å². The lowest BCUT2D eigenvalue weighted by molar-refractivity contribution is -0.114. The zero-order valence-electron chi connectivity index (χ0n) is 10.2. The third-order valence-electron chi connectivity index (χ3n) is 2.63. The molecule has 1 aromatic carbocycles. The molecule has 2 aromatic rings. The van der Waals surface area contributed by atoms with Crippen LogP contribution in [-0.4, -0.2) is 10.9 Å². The van der Waals surface area contributed by atoms with E-state index in [0.717, 1.165) is 22.6 Å². The molecule has 0 aliphatic heterocycles. The Hall–Kier alpha value is -2.54. The molecule has 0 aliphatic carbocycles. The zero-order valence-corrected chi connectivity index (χ0v) is 10.2. The van der Waals surface area contributed by atoms with Crippen molar-refractivity contribution in [2.24, 2.45) is 0 Å². The number of rotatable bonds is 2. The van der Waals surface area contributed by atoms with E-state index < -0.39 is 0 Å². The molecule has 4 heteroatoms. The molecule has 0 radical (unpaired) electrons. The molecule has 0 saturated carbocycles. The smallest absolute Gasteiger partial charge is 0.221 e. The first-order chi connectivity index (χ1) is 8.60. The van der Waals surface area contributed by atoms with Gasteiger partial charge in [-0.15, -0.1) is 0 Å². The van der Waals surface area contributed by atoms with E-state index in [0.29, 0.717) is 5.56 Å². The quantitative estimate of drug-likeness (QED) is 0.846. The fourth-order valence-corrected chi connectivity index (χ4v) is 1.80. The van der Waals surface area contributed by atoms with Crippen LogP contribution in [0.2, 0.25) is 0 Å². The van der Waals surface area contributed by atoms with Crippen molar-refractivity contribution in [1.29, 1.82) is 5.26 Å². The van der Waals surface area contributed by atoms with Crippen molar-refractivity contribution in [3.8, 4) is 17.3 Å². The molecule has 2 rings (SSSR count). The number of carbonyl (C=O) groups is 1. The Kier molecular flexibility index (Phi) is 3.16. The van der Waals surface area contributed by atoms with Gasteiger partial charge >= 0.3 is 0 Å². The standard InChI is InChI=1S/C14H13N3O/c1-9-12(8-15)7-14(16-9)11-4-3-5-13(6-11)17-10(2)18/h3-7,16H,1-2H3,(H,17,18). The van der Waals surface area contributed by atoms with Crippen molar-refractivity contribution in [2.45, 2.75) is 13.8 Å². The number of H-pyrrole nitrogens is 1. The molecule has 4 nitrogen and oxygen atoms in total. The Labute approximate surface area is 105 Å². The minimum atomic E-state index is -0.104. The van der Waals surface area contributed by atoms with Gasteiger partial charge in [0, 0.05) is 29.6 Å². The normalized spacial score (nSPS) is 9.83. The van der Waals surface area contributed by atoms with Crippen LogP contribution in [0.15, 0.2) is 30.3 Å². The Balaban J connectivity index is 2.38. The summed E-state index contributed by atoms with van der Waals surface area (Å²) in [5, 5.41) is 11.7. The molecule has 2 N–H and O–H groups in total. The Morgan fingerprint density at radius 1 is 1.39 bits per heavy atom. The minimum Gasteiger partial charge on any atom is -0.358 e. The van der Waals surface area contributed by atoms with E-state index in [9.17, 15) is 4.79 Å². The largest absolute Gasteiger partial charge is 0.358 e. The molecule has 90 valence electrons. The number of anilines is 1. The average molecular weight is 239 g/mol. The van der Waals surface area contributed by atoms with Crippen LogP contribution in [0.4, 0.5) is 5.69 Å². The molecule has 0 atom stereocenters. The fraction of sp³-hybridized carbons (Fsp3) is 0.143. The monoisotopic (exact) mass is 239 g/mol. The van der Waals surface area contributed by atoms with E-state index in [1.807, 2.05) is 37.3 Å². The number of amides is 1. The second-order valence-corrected chi connectivity index (χ2v) is 4.10. The fourth-order valence-electron chi connectivity index (χ4n) is 1.80. The van der Waals surface area contributed by atoms with E-state index in [2.05, 4.69) is 16.4 Å². The van der Waals surface area contributed by atoms with Gasteiger partial charge in [-0.2, -0.15) is 5.26 Å². The van der Waals surface area contributed by atoms with Crippen LogP contribution in [0.3, 0.4) is 0 Å². The Bertz CT molecular complexity index is 635. The van der Waals surface area contributed by atoms with Crippen LogP contribution in [0.5, 0.6) is 0 Å². The lowest BCUT2D eigenvalue weighted by Gasteiger charge is -2.04. The summed E-state index contributed by atoms with van der Waals surface area (Å²) in [4.78, 5) is 14.2. The van der Waals surface area contributed by atoms with Gasteiger partial charge in [0.1, 0.15) is 6.07 Å². The molecular formula is C14H13N3O. The molecule has 0 saturated heterocycles. The first kappa shape index (κ1) is 11.9. The van der Waals surface area contributed by atoms with Crippen LogP contribution in [0.1, 0.15) is 18.2 Å². The van der Waals surface area contributed by atoms with E-state index in [1.165, 1.54) is 6.92 Å². The van der Waals surface area contributed by atoms with Gasteiger partial charge in [-0.25, -0.2) is 0 Å². The van der Waals surface area contributed by atoms with Crippen molar-refractivity contribution in [1.82, 2.24) is 4.98 Å². The van der Waals surface area contributed by atoms with Crippen molar-refractivity contribution in [3.63, 3.8) is 0 Å². The van der Waals surface area contributed by atoms with Crippen LogP contribution in [0, 0.1) is 18.3 Å². The van der Waals surface area contributed by atoms with Gasteiger partial charge in [0.15, 0.2) is 0 Å².